The lowest BCUT2D eigenvalue weighted by Gasteiger charge is -2.14. The summed E-state index contributed by atoms with van der Waals surface area (Å²) in [5.74, 6) is 0. The molecule has 0 radical (unpaired) electrons. The molecule has 12 heteroatoms. The summed E-state index contributed by atoms with van der Waals surface area (Å²) in [4.78, 5) is 20.5. The smallest absolute Gasteiger partial charge is 0.387 e. The highest BCUT2D eigenvalue weighted by molar-refractivity contribution is 7.71. The first-order chi connectivity index (χ1) is 11.2. The first kappa shape index (κ1) is 17.6. The van der Waals surface area contributed by atoms with Crippen LogP contribution in [0.3, 0.4) is 0 Å². The number of imidazole rings is 1. The van der Waals surface area contributed by atoms with Gasteiger partial charge >= 0.3 is 7.82 Å². The molecule has 0 amide bonds. The fraction of sp³-hybridized carbons (Fsp3) is 0.500. The third-order valence-electron chi connectivity index (χ3n) is 3.84. The van der Waals surface area contributed by atoms with Crippen molar-refractivity contribution in [3.05, 3.63) is 23.1 Å². The number of nitrogens with zero attached hydrogens (tertiary/aromatic N) is 2. The van der Waals surface area contributed by atoms with E-state index in [1.54, 1.807) is 34.8 Å². The van der Waals surface area contributed by atoms with Crippen molar-refractivity contribution in [2.24, 2.45) is 7.05 Å². The number of ether oxygens (including phenoxy) is 1. The molecule has 0 bridgehead atoms. The molecule has 1 saturated heterocycles. The molecule has 1 aliphatic heterocycles. The molecule has 1 aliphatic rings. The highest BCUT2D eigenvalue weighted by Gasteiger charge is 2.47. The molecule has 0 saturated carbocycles. The summed E-state index contributed by atoms with van der Waals surface area (Å²) in [5, 5.41) is 20.3. The zero-order valence-corrected chi connectivity index (χ0v) is 14.2. The molecule has 4 atom stereocenters. The molecule has 0 spiro atoms. The fourth-order valence-corrected chi connectivity index (χ4v) is 3.41. The molecule has 1 unspecified atom stereocenters. The largest absolute Gasteiger partial charge is 0.469 e. The van der Waals surface area contributed by atoms with Crippen molar-refractivity contribution in [2.75, 3.05) is 6.61 Å². The van der Waals surface area contributed by atoms with E-state index in [9.17, 15) is 14.8 Å². The van der Waals surface area contributed by atoms with E-state index in [4.69, 9.17) is 26.7 Å². The van der Waals surface area contributed by atoms with E-state index in [0.717, 1.165) is 0 Å². The van der Waals surface area contributed by atoms with Crippen molar-refractivity contribution in [3.8, 4) is 0 Å². The van der Waals surface area contributed by atoms with Crippen LogP contribution in [-0.4, -0.2) is 54.5 Å². The van der Waals surface area contributed by atoms with Gasteiger partial charge in [-0.2, -0.15) is 0 Å². The summed E-state index contributed by atoms with van der Waals surface area (Å²) in [6, 6.07) is 1.72. The number of aliphatic hydroxyl groups excluding tert-OH is 2. The van der Waals surface area contributed by atoms with Crippen LogP contribution in [0.5, 0.6) is 0 Å². The van der Waals surface area contributed by atoms with Crippen LogP contribution in [0.4, 0.5) is 0 Å². The van der Waals surface area contributed by atoms with Crippen molar-refractivity contribution >= 4 is 31.2 Å². The molecule has 2 aromatic rings. The van der Waals surface area contributed by atoms with Crippen LogP contribution in [0.1, 0.15) is 6.23 Å². The minimum absolute atomic E-state index is 0.555. The number of hydrogen-bond acceptors (Lipinski definition) is 6. The maximum Gasteiger partial charge on any atom is 0.469 e. The Kier molecular flexibility index (Phi) is 4.62. The van der Waals surface area contributed by atoms with E-state index in [2.05, 4.69) is 9.51 Å². The highest BCUT2D eigenvalue weighted by Crippen LogP contribution is 2.37. The number of fused-ring (bicyclic) bond motifs is 1. The van der Waals surface area contributed by atoms with Crippen LogP contribution < -0.4 is 4.57 Å². The van der Waals surface area contributed by atoms with Crippen molar-refractivity contribution in [3.63, 3.8) is 0 Å². The number of rotatable bonds is 4. The van der Waals surface area contributed by atoms with Crippen LogP contribution in [0.25, 0.3) is 11.2 Å². The average molecular weight is 378 g/mol. The molecule has 1 fully saturated rings. The van der Waals surface area contributed by atoms with Crippen LogP contribution in [-0.2, 0) is 20.9 Å². The van der Waals surface area contributed by atoms with Gasteiger partial charge in [-0.05, 0) is 6.07 Å². The van der Waals surface area contributed by atoms with Crippen molar-refractivity contribution in [2.45, 2.75) is 24.5 Å². The number of aryl methyl sites for hydroxylation is 1. The summed E-state index contributed by atoms with van der Waals surface area (Å²) >= 11 is 5.27. The number of phosphoric ester groups is 1. The predicted molar refractivity (Wildman–Crippen MR) is 82.2 cm³/mol. The molecule has 2 aromatic heterocycles. The van der Waals surface area contributed by atoms with Crippen LogP contribution in [0.2, 0.25) is 0 Å². The average Bonchev–Trinajstić information content (AvgIpc) is 2.96. The summed E-state index contributed by atoms with van der Waals surface area (Å²) in [7, 11) is -2.93. The van der Waals surface area contributed by atoms with Crippen LogP contribution in [0, 0.1) is 4.51 Å². The number of H-pyrrole nitrogens is 1. The van der Waals surface area contributed by atoms with Gasteiger partial charge in [-0.25, -0.2) is 9.13 Å². The molecular weight excluding hydrogens is 361 g/mol. The lowest BCUT2D eigenvalue weighted by atomic mass is 10.1. The highest BCUT2D eigenvalue weighted by atomic mass is 32.1. The molecule has 3 heterocycles. The van der Waals surface area contributed by atoms with Gasteiger partial charge in [0.2, 0.25) is 6.23 Å². The number of aliphatic hydroxyl groups is 2. The van der Waals surface area contributed by atoms with Gasteiger partial charge in [0.15, 0.2) is 11.8 Å². The van der Waals surface area contributed by atoms with Gasteiger partial charge in [0.25, 0.3) is 5.65 Å². The third-order valence-corrected chi connectivity index (χ3v) is 4.65. The Morgan fingerprint density at radius 3 is 2.83 bits per heavy atom. The molecule has 10 nitrogen and oxygen atoms in total. The van der Waals surface area contributed by atoms with Crippen molar-refractivity contribution in [1.82, 2.24) is 9.55 Å². The SMILES string of the molecule is Cn1c[n+]([C@@H]2OC(COP(=O)(O)O)[C@@H](O)[C@H]2O)c2[nH]ccc(=S)c21. The lowest BCUT2D eigenvalue weighted by molar-refractivity contribution is -0.745. The number of aromatic amines is 1. The monoisotopic (exact) mass is 378 g/mol. The number of pyridine rings is 1. The van der Waals surface area contributed by atoms with Gasteiger partial charge < -0.3 is 24.7 Å². The first-order valence-electron chi connectivity index (χ1n) is 6.98. The zero-order valence-electron chi connectivity index (χ0n) is 12.5. The quantitative estimate of drug-likeness (QED) is 0.266. The van der Waals surface area contributed by atoms with E-state index in [1.807, 2.05) is 0 Å². The van der Waals surface area contributed by atoms with Gasteiger partial charge in [0.05, 0.1) is 24.4 Å². The second-order valence-corrected chi connectivity index (χ2v) is 7.18. The topological polar surface area (TPSA) is 141 Å². The Balaban J connectivity index is 1.92. The Morgan fingerprint density at radius 2 is 2.17 bits per heavy atom. The normalized spacial score (nSPS) is 27.9. The molecular formula is C12H17N3O7PS+. The van der Waals surface area contributed by atoms with Gasteiger partial charge in [-0.3, -0.25) is 14.1 Å². The predicted octanol–water partition coefficient (Wildman–Crippen LogP) is -0.748. The van der Waals surface area contributed by atoms with E-state index in [-0.39, 0.29) is 0 Å². The number of hydrogen-bond donors (Lipinski definition) is 5. The van der Waals surface area contributed by atoms with Crippen molar-refractivity contribution in [1.29, 1.82) is 0 Å². The summed E-state index contributed by atoms with van der Waals surface area (Å²) < 4.78 is 24.6. The van der Waals surface area contributed by atoms with E-state index >= 15 is 0 Å². The summed E-state index contributed by atoms with van der Waals surface area (Å²) in [6.45, 7) is -0.555. The number of nitrogens with one attached hydrogen (secondary N) is 1. The molecule has 0 aromatic carbocycles. The summed E-state index contributed by atoms with van der Waals surface area (Å²) in [5.41, 5.74) is 1.30. The lowest BCUT2D eigenvalue weighted by Crippen LogP contribution is -2.45. The number of phosphoric acid groups is 1. The molecule has 132 valence electrons. The Hall–Kier alpha value is -1.17. The van der Waals surface area contributed by atoms with Crippen molar-refractivity contribution < 1.29 is 38.4 Å². The molecule has 5 N–H and O–H groups in total. The first-order valence-corrected chi connectivity index (χ1v) is 8.92. The van der Waals surface area contributed by atoms with E-state index in [1.165, 1.54) is 0 Å². The van der Waals surface area contributed by atoms with Gasteiger partial charge in [0.1, 0.15) is 18.3 Å². The van der Waals surface area contributed by atoms with Crippen LogP contribution >= 0.6 is 20.0 Å². The minimum Gasteiger partial charge on any atom is -0.387 e. The minimum atomic E-state index is -4.70. The van der Waals surface area contributed by atoms with Gasteiger partial charge in [-0.15, -0.1) is 0 Å². The second kappa shape index (κ2) is 6.28. The fourth-order valence-electron chi connectivity index (χ4n) is 2.76. The maximum atomic E-state index is 10.8. The van der Waals surface area contributed by atoms with Gasteiger partial charge in [0, 0.05) is 0 Å². The maximum absolute atomic E-state index is 10.8. The van der Waals surface area contributed by atoms with Gasteiger partial charge in [-0.1, -0.05) is 12.2 Å². The zero-order chi connectivity index (χ0) is 17.6. The molecule has 0 aliphatic carbocycles. The summed E-state index contributed by atoms with van der Waals surface area (Å²) in [6.07, 6.45) is -1.45. The Morgan fingerprint density at radius 1 is 1.46 bits per heavy atom. The standard InChI is InChI=1S/C12H16N3O7PS/c1-14-5-15(11-8(14)7(24)2-3-13-11)12-10(17)9(16)6(22-12)4-21-23(18,19)20/h2-3,5-6,9-10,12,16-17H,4H2,1H3,(H2-,13,18,19,20,24)/p+1/t6?,9-,10-,12-/m1/s1. The third kappa shape index (κ3) is 3.17. The Labute approximate surface area is 141 Å². The Bertz CT molecular complexity index is 862. The second-order valence-electron chi connectivity index (χ2n) is 5.51. The number of aromatic nitrogens is 3. The molecule has 24 heavy (non-hydrogen) atoms. The molecule has 3 rings (SSSR count). The van der Waals surface area contributed by atoms with Crippen LogP contribution in [0.15, 0.2) is 18.6 Å². The van der Waals surface area contributed by atoms with E-state index < -0.39 is 39.0 Å². The van der Waals surface area contributed by atoms with E-state index in [0.29, 0.717) is 15.7 Å².